The summed E-state index contributed by atoms with van der Waals surface area (Å²) in [4.78, 5) is 29.0. The number of hydrogen-bond donors (Lipinski definition) is 0. The maximum atomic E-state index is 13.4. The highest BCUT2D eigenvalue weighted by Crippen LogP contribution is 2.22. The highest BCUT2D eigenvalue weighted by atomic mass is 32.1. The van der Waals surface area contributed by atoms with Crippen molar-refractivity contribution in [2.45, 2.75) is 13.8 Å². The van der Waals surface area contributed by atoms with Crippen molar-refractivity contribution in [2.75, 3.05) is 0 Å². The number of aromatic nitrogens is 3. The first-order chi connectivity index (χ1) is 17.8. The van der Waals surface area contributed by atoms with Crippen LogP contribution in [0.4, 0.5) is 11.6 Å². The van der Waals surface area contributed by atoms with Crippen molar-refractivity contribution in [3.8, 4) is 16.9 Å². The van der Waals surface area contributed by atoms with Crippen LogP contribution in [0.5, 0.6) is 0 Å². The second kappa shape index (κ2) is 9.70. The normalized spacial score (nSPS) is 12.0. The molecule has 0 radical (unpaired) electrons. The zero-order valence-corrected chi connectivity index (χ0v) is 21.0. The van der Waals surface area contributed by atoms with Crippen molar-refractivity contribution >= 4 is 29.1 Å². The van der Waals surface area contributed by atoms with E-state index in [-0.39, 0.29) is 17.2 Å². The van der Waals surface area contributed by atoms with Crippen LogP contribution in [-0.2, 0) is 7.05 Å². The fourth-order valence-electron chi connectivity index (χ4n) is 3.81. The lowest BCUT2D eigenvalue weighted by molar-refractivity contribution is -0.402. The summed E-state index contributed by atoms with van der Waals surface area (Å²) < 4.78 is 10.2. The highest BCUT2D eigenvalue weighted by Gasteiger charge is 2.17. The van der Waals surface area contributed by atoms with Crippen LogP contribution in [0.15, 0.2) is 91.4 Å². The SMILES string of the molecule is Cc1ccc(-c2csc(=Nc3c(C)n(C)n(-c4ccccc4)c3=O)n2N=Cc2ccc([N+](=O)[O-])o2)cc1. The van der Waals surface area contributed by atoms with E-state index in [9.17, 15) is 14.9 Å². The van der Waals surface area contributed by atoms with E-state index in [1.54, 1.807) is 14.0 Å². The van der Waals surface area contributed by atoms with Crippen molar-refractivity contribution in [2.24, 2.45) is 17.1 Å². The van der Waals surface area contributed by atoms with Crippen LogP contribution in [-0.4, -0.2) is 25.2 Å². The Morgan fingerprint density at radius 1 is 1.03 bits per heavy atom. The maximum Gasteiger partial charge on any atom is 0.433 e. The summed E-state index contributed by atoms with van der Waals surface area (Å²) in [7, 11) is 1.81. The van der Waals surface area contributed by atoms with Crippen molar-refractivity contribution in [1.29, 1.82) is 0 Å². The molecule has 0 aliphatic carbocycles. The van der Waals surface area contributed by atoms with Crippen LogP contribution in [0.3, 0.4) is 0 Å². The number of aryl methyl sites for hydroxylation is 1. The number of nitrogens with zero attached hydrogens (tertiary/aromatic N) is 6. The molecule has 5 aromatic rings. The van der Waals surface area contributed by atoms with E-state index in [1.165, 1.54) is 29.7 Å². The van der Waals surface area contributed by atoms with Gasteiger partial charge in [0, 0.05) is 18.0 Å². The monoisotopic (exact) mass is 514 g/mol. The van der Waals surface area contributed by atoms with Crippen LogP contribution >= 0.6 is 11.3 Å². The highest BCUT2D eigenvalue weighted by molar-refractivity contribution is 7.07. The first kappa shape index (κ1) is 23.9. The number of furan rings is 1. The Morgan fingerprint density at radius 2 is 1.76 bits per heavy atom. The summed E-state index contributed by atoms with van der Waals surface area (Å²) in [6, 6.07) is 20.0. The zero-order chi connectivity index (χ0) is 26.1. The molecule has 186 valence electrons. The smallest absolute Gasteiger partial charge is 0.400 e. The minimum absolute atomic E-state index is 0.216. The van der Waals surface area contributed by atoms with Gasteiger partial charge in [-0.1, -0.05) is 48.0 Å². The standard InChI is InChI=1S/C26H22N6O4S/c1-17-9-11-19(12-10-17)22-16-37-26(30(22)27-15-21-13-14-23(36-21)32(34)35)28-24-18(2)29(3)31(25(24)33)20-7-5-4-6-8-20/h4-16H,1-3H3. The Hall–Kier alpha value is -4.77. The van der Waals surface area contributed by atoms with Gasteiger partial charge in [-0.05, 0) is 32.0 Å². The largest absolute Gasteiger partial charge is 0.433 e. The number of thiazole rings is 1. The van der Waals surface area contributed by atoms with Crippen molar-refractivity contribution < 1.29 is 9.34 Å². The molecule has 0 unspecified atom stereocenters. The molecule has 3 aromatic heterocycles. The first-order valence-corrected chi connectivity index (χ1v) is 12.2. The van der Waals surface area contributed by atoms with Gasteiger partial charge in [-0.2, -0.15) is 5.10 Å². The Bertz CT molecular complexity index is 1750. The van der Waals surface area contributed by atoms with Gasteiger partial charge in [0.1, 0.15) is 4.92 Å². The molecule has 2 aromatic carbocycles. The van der Waals surface area contributed by atoms with E-state index in [1.807, 2.05) is 80.9 Å². The molecule has 37 heavy (non-hydrogen) atoms. The number of para-hydroxylation sites is 1. The van der Waals surface area contributed by atoms with E-state index in [0.717, 1.165) is 22.5 Å². The lowest BCUT2D eigenvalue weighted by atomic mass is 10.1. The predicted molar refractivity (Wildman–Crippen MR) is 142 cm³/mol. The van der Waals surface area contributed by atoms with Gasteiger partial charge < -0.3 is 4.42 Å². The molecule has 0 atom stereocenters. The fourth-order valence-corrected chi connectivity index (χ4v) is 4.66. The lowest BCUT2D eigenvalue weighted by Gasteiger charge is -2.07. The van der Waals surface area contributed by atoms with Crippen molar-refractivity contribution in [3.63, 3.8) is 0 Å². The lowest BCUT2D eigenvalue weighted by Crippen LogP contribution is -2.19. The van der Waals surface area contributed by atoms with Gasteiger partial charge in [0.05, 0.1) is 29.4 Å². The van der Waals surface area contributed by atoms with E-state index >= 15 is 0 Å². The second-order valence-corrected chi connectivity index (χ2v) is 9.12. The minimum Gasteiger partial charge on any atom is -0.400 e. The van der Waals surface area contributed by atoms with Gasteiger partial charge in [0.25, 0.3) is 5.56 Å². The Morgan fingerprint density at radius 3 is 2.43 bits per heavy atom. The molecular formula is C26H22N6O4S. The maximum absolute atomic E-state index is 13.4. The van der Waals surface area contributed by atoms with Crippen LogP contribution in [0.2, 0.25) is 0 Å². The summed E-state index contributed by atoms with van der Waals surface area (Å²) >= 11 is 1.33. The Labute approximate surface area is 214 Å². The van der Waals surface area contributed by atoms with Gasteiger partial charge in [-0.25, -0.2) is 14.4 Å². The summed E-state index contributed by atoms with van der Waals surface area (Å²) in [5.74, 6) is -0.157. The average Bonchev–Trinajstić information content (AvgIpc) is 3.58. The molecular weight excluding hydrogens is 492 g/mol. The predicted octanol–water partition coefficient (Wildman–Crippen LogP) is 4.94. The molecule has 10 nitrogen and oxygen atoms in total. The molecule has 0 fully saturated rings. The zero-order valence-electron chi connectivity index (χ0n) is 20.2. The van der Waals surface area contributed by atoms with E-state index < -0.39 is 4.92 Å². The minimum atomic E-state index is -0.608. The number of benzene rings is 2. The molecule has 3 heterocycles. The van der Waals surface area contributed by atoms with Gasteiger partial charge in [0.2, 0.25) is 4.80 Å². The first-order valence-electron chi connectivity index (χ1n) is 11.3. The van der Waals surface area contributed by atoms with Gasteiger partial charge in [-0.15, -0.1) is 11.3 Å². The van der Waals surface area contributed by atoms with Crippen LogP contribution < -0.4 is 10.4 Å². The van der Waals surface area contributed by atoms with Crippen molar-refractivity contribution in [3.05, 3.63) is 114 Å². The molecule has 11 heteroatoms. The van der Waals surface area contributed by atoms with Crippen molar-refractivity contribution in [1.82, 2.24) is 14.0 Å². The van der Waals surface area contributed by atoms with Gasteiger partial charge in [-0.3, -0.25) is 19.6 Å². The number of hydrogen-bond acceptors (Lipinski definition) is 7. The second-order valence-electron chi connectivity index (χ2n) is 8.28. The molecule has 0 N–H and O–H groups in total. The average molecular weight is 515 g/mol. The quantitative estimate of drug-likeness (QED) is 0.181. The third kappa shape index (κ3) is 4.59. The molecule has 0 saturated heterocycles. The van der Waals surface area contributed by atoms with Crippen LogP contribution in [0, 0.1) is 24.0 Å². The topological polar surface area (TPSA) is 113 Å². The fraction of sp³-hybridized carbons (Fsp3) is 0.115. The van der Waals surface area contributed by atoms with E-state index in [2.05, 4.69) is 5.10 Å². The van der Waals surface area contributed by atoms with Crippen LogP contribution in [0.1, 0.15) is 17.0 Å². The molecule has 0 bridgehead atoms. The van der Waals surface area contributed by atoms with E-state index in [0.29, 0.717) is 16.2 Å². The molecule has 0 amide bonds. The number of rotatable bonds is 6. The van der Waals surface area contributed by atoms with Gasteiger partial charge in [0.15, 0.2) is 11.4 Å². The van der Waals surface area contributed by atoms with Gasteiger partial charge >= 0.3 is 5.88 Å². The molecule has 0 spiro atoms. The summed E-state index contributed by atoms with van der Waals surface area (Å²) in [6.07, 6.45) is 1.39. The van der Waals surface area contributed by atoms with E-state index in [4.69, 9.17) is 9.41 Å². The summed E-state index contributed by atoms with van der Waals surface area (Å²) in [6.45, 7) is 3.84. The Balaban J connectivity index is 1.67. The summed E-state index contributed by atoms with van der Waals surface area (Å²) in [5, 5.41) is 17.4. The molecule has 0 aliphatic rings. The molecule has 5 rings (SSSR count). The Kier molecular flexibility index (Phi) is 6.28. The summed E-state index contributed by atoms with van der Waals surface area (Å²) in [5.41, 5.74) is 4.22. The molecule has 0 aliphatic heterocycles. The third-order valence-electron chi connectivity index (χ3n) is 5.86. The molecule has 0 saturated carbocycles. The number of nitro groups is 1. The third-order valence-corrected chi connectivity index (χ3v) is 6.67. The van der Waals surface area contributed by atoms with Crippen LogP contribution in [0.25, 0.3) is 16.9 Å².